The number of nitrogen functional groups attached to an aromatic ring is 1. The van der Waals surface area contributed by atoms with Crippen LogP contribution in [0.1, 0.15) is 35.9 Å². The van der Waals surface area contributed by atoms with Crippen LogP contribution in [0, 0.1) is 5.92 Å². The van der Waals surface area contributed by atoms with Crippen LogP contribution in [-0.4, -0.2) is 46.7 Å². The average Bonchev–Trinajstić information content (AvgIpc) is 2.81. The van der Waals surface area contributed by atoms with Crippen molar-refractivity contribution in [2.45, 2.75) is 32.2 Å². The van der Waals surface area contributed by atoms with Crippen molar-refractivity contribution in [2.75, 3.05) is 25.4 Å². The van der Waals surface area contributed by atoms with Crippen molar-refractivity contribution in [1.29, 1.82) is 0 Å². The molecule has 3 aliphatic rings. The van der Waals surface area contributed by atoms with Gasteiger partial charge in [-0.15, -0.1) is 0 Å². The molecule has 4 N–H and O–H groups in total. The van der Waals surface area contributed by atoms with Gasteiger partial charge < -0.3 is 16.0 Å². The van der Waals surface area contributed by atoms with Gasteiger partial charge >= 0.3 is 0 Å². The standard InChI is InChI=1S/C13H21N5O/c1-2-9-11(14)12(17-16-9)13(19)15-10-7-18-5-3-8(10)4-6-18/h8,10H,2-7,14H2,1H3,(H,15,19)(H,16,17). The summed E-state index contributed by atoms with van der Waals surface area (Å²) in [7, 11) is 0. The Morgan fingerprint density at radius 3 is 2.79 bits per heavy atom. The molecule has 0 saturated carbocycles. The normalized spacial score (nSPS) is 29.4. The van der Waals surface area contributed by atoms with Crippen LogP contribution < -0.4 is 11.1 Å². The molecule has 19 heavy (non-hydrogen) atoms. The topological polar surface area (TPSA) is 87.0 Å². The van der Waals surface area contributed by atoms with E-state index in [0.29, 0.717) is 17.3 Å². The molecule has 4 heterocycles. The lowest BCUT2D eigenvalue weighted by molar-refractivity contribution is 0.0618. The number of aromatic nitrogens is 2. The van der Waals surface area contributed by atoms with Gasteiger partial charge in [0.15, 0.2) is 5.69 Å². The van der Waals surface area contributed by atoms with Crippen LogP contribution in [0.3, 0.4) is 0 Å². The third-order valence-corrected chi connectivity index (χ3v) is 4.42. The molecule has 4 rings (SSSR count). The zero-order chi connectivity index (χ0) is 13.4. The highest BCUT2D eigenvalue weighted by Gasteiger charge is 2.35. The van der Waals surface area contributed by atoms with E-state index >= 15 is 0 Å². The number of piperidine rings is 3. The molecule has 3 fully saturated rings. The van der Waals surface area contributed by atoms with Gasteiger partial charge in [-0.3, -0.25) is 9.89 Å². The highest BCUT2D eigenvalue weighted by molar-refractivity contribution is 5.97. The predicted octanol–water partition coefficient (Wildman–Crippen LogP) is 0.378. The SMILES string of the molecule is CCc1[nH]nc(C(=O)NC2CN3CCC2CC3)c1N. The number of anilines is 1. The lowest BCUT2D eigenvalue weighted by atomic mass is 9.84. The lowest BCUT2D eigenvalue weighted by Gasteiger charge is -2.44. The van der Waals surface area contributed by atoms with E-state index in [1.165, 1.54) is 25.9 Å². The number of hydrogen-bond donors (Lipinski definition) is 3. The largest absolute Gasteiger partial charge is 0.395 e. The number of amides is 1. The van der Waals surface area contributed by atoms with Gasteiger partial charge in [0.2, 0.25) is 0 Å². The molecular formula is C13H21N5O. The summed E-state index contributed by atoms with van der Waals surface area (Å²) in [6.07, 6.45) is 3.12. The summed E-state index contributed by atoms with van der Waals surface area (Å²) in [5.74, 6) is 0.465. The number of aryl methyl sites for hydroxylation is 1. The maximum Gasteiger partial charge on any atom is 0.274 e. The average molecular weight is 263 g/mol. The van der Waals surface area contributed by atoms with E-state index in [1.54, 1.807) is 0 Å². The molecule has 1 amide bonds. The molecule has 3 saturated heterocycles. The fourth-order valence-electron chi connectivity index (χ4n) is 3.19. The first-order valence-electron chi connectivity index (χ1n) is 7.05. The van der Waals surface area contributed by atoms with Crippen LogP contribution in [0.5, 0.6) is 0 Å². The maximum absolute atomic E-state index is 12.2. The number of H-pyrrole nitrogens is 1. The molecule has 0 spiro atoms. The van der Waals surface area contributed by atoms with E-state index in [4.69, 9.17) is 5.73 Å². The van der Waals surface area contributed by atoms with Gasteiger partial charge in [0, 0.05) is 12.6 Å². The van der Waals surface area contributed by atoms with Gasteiger partial charge in [0.1, 0.15) is 0 Å². The van der Waals surface area contributed by atoms with Crippen LogP contribution in [0.2, 0.25) is 0 Å². The number of nitrogens with one attached hydrogen (secondary N) is 2. The van der Waals surface area contributed by atoms with Crippen molar-refractivity contribution in [3.05, 3.63) is 11.4 Å². The van der Waals surface area contributed by atoms with Crippen molar-refractivity contribution < 1.29 is 4.79 Å². The molecule has 6 nitrogen and oxygen atoms in total. The molecule has 2 bridgehead atoms. The number of nitrogens with zero attached hydrogens (tertiary/aromatic N) is 2. The van der Waals surface area contributed by atoms with Crippen LogP contribution >= 0.6 is 0 Å². The Balaban J connectivity index is 1.69. The number of fused-ring (bicyclic) bond motifs is 3. The molecule has 1 atom stereocenters. The van der Waals surface area contributed by atoms with Crippen molar-refractivity contribution in [3.63, 3.8) is 0 Å². The Morgan fingerprint density at radius 2 is 2.26 bits per heavy atom. The summed E-state index contributed by atoms with van der Waals surface area (Å²) < 4.78 is 0. The first-order valence-corrected chi connectivity index (χ1v) is 7.05. The predicted molar refractivity (Wildman–Crippen MR) is 72.8 cm³/mol. The van der Waals surface area contributed by atoms with E-state index in [1.807, 2.05) is 6.92 Å². The molecule has 0 aromatic carbocycles. The summed E-state index contributed by atoms with van der Waals surface area (Å²) >= 11 is 0. The summed E-state index contributed by atoms with van der Waals surface area (Å²) in [6, 6.07) is 0.246. The summed E-state index contributed by atoms with van der Waals surface area (Å²) in [5, 5.41) is 9.97. The second-order valence-electron chi connectivity index (χ2n) is 5.54. The maximum atomic E-state index is 12.2. The van der Waals surface area contributed by atoms with E-state index in [2.05, 4.69) is 20.4 Å². The second-order valence-corrected chi connectivity index (χ2v) is 5.54. The zero-order valence-electron chi connectivity index (χ0n) is 11.3. The highest BCUT2D eigenvalue weighted by Crippen LogP contribution is 2.27. The first kappa shape index (κ1) is 12.5. The van der Waals surface area contributed by atoms with Gasteiger partial charge in [-0.25, -0.2) is 0 Å². The Kier molecular flexibility index (Phi) is 3.18. The summed E-state index contributed by atoms with van der Waals surface area (Å²) in [4.78, 5) is 14.7. The van der Waals surface area contributed by atoms with Gasteiger partial charge in [-0.05, 0) is 38.3 Å². The molecule has 1 unspecified atom stereocenters. The monoisotopic (exact) mass is 263 g/mol. The van der Waals surface area contributed by atoms with Crippen molar-refractivity contribution >= 4 is 11.6 Å². The molecule has 6 heteroatoms. The van der Waals surface area contributed by atoms with Gasteiger partial charge in [-0.2, -0.15) is 5.10 Å². The Labute approximate surface area is 112 Å². The number of carbonyl (C=O) groups is 1. The van der Waals surface area contributed by atoms with Crippen LogP contribution in [-0.2, 0) is 6.42 Å². The molecule has 0 radical (unpaired) electrons. The number of hydrogen-bond acceptors (Lipinski definition) is 4. The smallest absolute Gasteiger partial charge is 0.274 e. The van der Waals surface area contributed by atoms with Crippen LogP contribution in [0.25, 0.3) is 0 Å². The van der Waals surface area contributed by atoms with Gasteiger partial charge in [-0.1, -0.05) is 6.92 Å². The Morgan fingerprint density at radius 1 is 1.53 bits per heavy atom. The molecule has 3 aliphatic heterocycles. The highest BCUT2D eigenvalue weighted by atomic mass is 16.2. The lowest BCUT2D eigenvalue weighted by Crippen LogP contribution is -2.57. The van der Waals surface area contributed by atoms with Gasteiger partial charge in [0.05, 0.1) is 11.4 Å². The van der Waals surface area contributed by atoms with E-state index in [9.17, 15) is 4.79 Å². The molecule has 104 valence electrons. The zero-order valence-corrected chi connectivity index (χ0v) is 11.3. The van der Waals surface area contributed by atoms with Gasteiger partial charge in [0.25, 0.3) is 5.91 Å². The summed E-state index contributed by atoms with van der Waals surface area (Å²) in [6.45, 7) is 5.28. The molecular weight excluding hydrogens is 242 g/mol. The fraction of sp³-hybridized carbons (Fsp3) is 0.692. The third kappa shape index (κ3) is 2.20. The van der Waals surface area contributed by atoms with Crippen LogP contribution in [0.4, 0.5) is 5.69 Å². The fourth-order valence-corrected chi connectivity index (χ4v) is 3.19. The molecule has 1 aromatic rings. The molecule has 0 aliphatic carbocycles. The Hall–Kier alpha value is -1.56. The minimum Gasteiger partial charge on any atom is -0.395 e. The number of nitrogens with two attached hydrogens (primary N) is 1. The summed E-state index contributed by atoms with van der Waals surface area (Å²) in [5.41, 5.74) is 7.59. The van der Waals surface area contributed by atoms with Crippen molar-refractivity contribution in [3.8, 4) is 0 Å². The minimum absolute atomic E-state index is 0.146. The van der Waals surface area contributed by atoms with E-state index in [-0.39, 0.29) is 11.9 Å². The van der Waals surface area contributed by atoms with E-state index < -0.39 is 0 Å². The quantitative estimate of drug-likeness (QED) is 0.735. The number of rotatable bonds is 3. The van der Waals surface area contributed by atoms with Crippen molar-refractivity contribution in [1.82, 2.24) is 20.4 Å². The Bertz CT molecular complexity index is 475. The number of aromatic amines is 1. The first-order chi connectivity index (χ1) is 9.19. The molecule has 1 aromatic heterocycles. The number of carbonyl (C=O) groups excluding carboxylic acids is 1. The minimum atomic E-state index is -0.146. The van der Waals surface area contributed by atoms with Crippen LogP contribution in [0.15, 0.2) is 0 Å². The third-order valence-electron chi connectivity index (χ3n) is 4.42. The van der Waals surface area contributed by atoms with Crippen molar-refractivity contribution in [2.24, 2.45) is 5.92 Å². The van der Waals surface area contributed by atoms with E-state index in [0.717, 1.165) is 18.7 Å². The second kappa shape index (κ2) is 4.85.